The van der Waals surface area contributed by atoms with Gasteiger partial charge in [0.15, 0.2) is 10.1 Å². The molecular weight excluding hydrogens is 256 g/mol. The van der Waals surface area contributed by atoms with Crippen LogP contribution in [0.1, 0.15) is 39.5 Å². The molecule has 0 aliphatic carbocycles. The molecule has 0 aromatic rings. The topological polar surface area (TPSA) is 57.2 Å². The zero-order chi connectivity index (χ0) is 13.9. The first-order valence-corrected chi connectivity index (χ1v) is 6.91. The smallest absolute Gasteiger partial charge is 0.485 e. The first kappa shape index (κ1) is 19.1. The molecule has 0 saturated carbocycles. The number of rotatable bonds is 6. The largest absolute Gasteiger partial charge is 0.741 e. The SMILES string of the molecule is CCCC[B+]CCCC.O=S(=O)([O-])C(F)(F)F. The molecule has 0 atom stereocenters. The van der Waals surface area contributed by atoms with Crippen LogP contribution in [0.15, 0.2) is 0 Å². The fourth-order valence-corrected chi connectivity index (χ4v) is 0.841. The molecule has 0 bridgehead atoms. The van der Waals surface area contributed by atoms with Crippen molar-refractivity contribution < 1.29 is 26.1 Å². The number of hydrogen-bond donors (Lipinski definition) is 0. The van der Waals surface area contributed by atoms with Crippen molar-refractivity contribution in [1.29, 1.82) is 0 Å². The van der Waals surface area contributed by atoms with Crippen LogP contribution in [0.2, 0.25) is 12.6 Å². The fraction of sp³-hybridized carbons (Fsp3) is 1.00. The summed E-state index contributed by atoms with van der Waals surface area (Å²) >= 11 is 0. The zero-order valence-electron chi connectivity index (χ0n) is 10.1. The van der Waals surface area contributed by atoms with E-state index in [1.54, 1.807) is 0 Å². The molecular formula is C9H18BF3O3S. The second-order valence-electron chi connectivity index (χ2n) is 3.47. The summed E-state index contributed by atoms with van der Waals surface area (Å²) in [6.45, 7) is 4.49. The Morgan fingerprint density at radius 1 is 1.06 bits per heavy atom. The van der Waals surface area contributed by atoms with E-state index in [0.29, 0.717) is 0 Å². The summed E-state index contributed by atoms with van der Waals surface area (Å²) in [6.07, 6.45) is 8.09. The van der Waals surface area contributed by atoms with Gasteiger partial charge in [0.1, 0.15) is 0 Å². The maximum atomic E-state index is 10.7. The Hall–Kier alpha value is -0.235. The molecule has 0 aliphatic heterocycles. The molecule has 0 unspecified atom stereocenters. The molecule has 102 valence electrons. The minimum atomic E-state index is -6.09. The van der Waals surface area contributed by atoms with Crippen molar-refractivity contribution >= 4 is 17.4 Å². The molecule has 0 aliphatic rings. The van der Waals surface area contributed by atoms with Gasteiger partial charge in [-0.3, -0.25) is 0 Å². The van der Waals surface area contributed by atoms with Crippen molar-refractivity contribution in [2.75, 3.05) is 0 Å². The van der Waals surface area contributed by atoms with Crippen LogP contribution in [0, 0.1) is 0 Å². The molecule has 8 heteroatoms. The van der Waals surface area contributed by atoms with E-state index in [-0.39, 0.29) is 0 Å². The Kier molecular flexibility index (Phi) is 11.0. The minimum Gasteiger partial charge on any atom is -0.741 e. The van der Waals surface area contributed by atoms with E-state index < -0.39 is 15.6 Å². The normalized spacial score (nSPS) is 11.4. The molecule has 0 radical (unpaired) electrons. The molecule has 3 nitrogen and oxygen atoms in total. The van der Waals surface area contributed by atoms with Crippen molar-refractivity contribution in [2.45, 2.75) is 57.7 Å². The van der Waals surface area contributed by atoms with Crippen molar-refractivity contribution in [3.63, 3.8) is 0 Å². The molecule has 0 amide bonds. The van der Waals surface area contributed by atoms with Gasteiger partial charge in [0, 0.05) is 0 Å². The van der Waals surface area contributed by atoms with E-state index in [0.717, 1.165) is 0 Å². The maximum Gasteiger partial charge on any atom is 0.485 e. The molecule has 0 rings (SSSR count). The van der Waals surface area contributed by atoms with Crippen molar-refractivity contribution in [3.05, 3.63) is 0 Å². The average molecular weight is 274 g/mol. The Bertz CT molecular complexity index is 259. The summed E-state index contributed by atoms with van der Waals surface area (Å²) in [5.74, 6) is 0. The molecule has 0 heterocycles. The number of hydrogen-bond acceptors (Lipinski definition) is 3. The molecule has 0 N–H and O–H groups in total. The van der Waals surface area contributed by atoms with E-state index in [9.17, 15) is 13.2 Å². The van der Waals surface area contributed by atoms with Crippen LogP contribution in [0.4, 0.5) is 13.2 Å². The molecule has 17 heavy (non-hydrogen) atoms. The second kappa shape index (κ2) is 9.76. The van der Waals surface area contributed by atoms with Gasteiger partial charge in [0.25, 0.3) is 0 Å². The number of unbranched alkanes of at least 4 members (excludes halogenated alkanes) is 2. The van der Waals surface area contributed by atoms with E-state index in [4.69, 9.17) is 13.0 Å². The van der Waals surface area contributed by atoms with Gasteiger partial charge in [-0.25, -0.2) is 8.42 Å². The summed E-state index contributed by atoms with van der Waals surface area (Å²) in [6, 6.07) is 0. The standard InChI is InChI=1S/C8H18B.CHF3O3S/c1-3-5-7-9-8-6-4-2;2-1(3,4)8(5,6)7/h3-8H2,1-2H3;(H,5,6,7)/q+1;/p-1. The van der Waals surface area contributed by atoms with Crippen molar-refractivity contribution in [2.24, 2.45) is 0 Å². The Labute approximate surface area is 102 Å². The number of halogens is 3. The summed E-state index contributed by atoms with van der Waals surface area (Å²) < 4.78 is 58.9. The third-order valence-electron chi connectivity index (χ3n) is 1.81. The predicted octanol–water partition coefficient (Wildman–Crippen LogP) is 3.18. The van der Waals surface area contributed by atoms with Gasteiger partial charge >= 0.3 is 65.0 Å². The average Bonchev–Trinajstić information content (AvgIpc) is 2.15. The number of alkyl halides is 3. The van der Waals surface area contributed by atoms with E-state index in [2.05, 4.69) is 21.1 Å². The monoisotopic (exact) mass is 274 g/mol. The van der Waals surface area contributed by atoms with Crippen LogP contribution in [0.25, 0.3) is 0 Å². The van der Waals surface area contributed by atoms with Gasteiger partial charge in [-0.15, -0.1) is 0 Å². The third-order valence-corrected chi connectivity index (χ3v) is 2.37. The summed E-state index contributed by atoms with van der Waals surface area (Å²) in [4.78, 5) is 0. The molecule has 0 spiro atoms. The van der Waals surface area contributed by atoms with Crippen LogP contribution < -0.4 is 0 Å². The van der Waals surface area contributed by atoms with Gasteiger partial charge in [0.2, 0.25) is 0 Å². The summed E-state index contributed by atoms with van der Waals surface area (Å²) in [7, 11) is -3.67. The van der Waals surface area contributed by atoms with Gasteiger partial charge in [0.05, 0.1) is 0 Å². The molecule has 0 fully saturated rings. The van der Waals surface area contributed by atoms with Crippen LogP contribution in [-0.2, 0) is 10.1 Å². The van der Waals surface area contributed by atoms with Crippen LogP contribution in [-0.4, -0.2) is 25.8 Å². The maximum absolute atomic E-state index is 10.7. The van der Waals surface area contributed by atoms with Crippen LogP contribution >= 0.6 is 0 Å². The van der Waals surface area contributed by atoms with E-state index in [1.165, 1.54) is 38.3 Å². The summed E-state index contributed by atoms with van der Waals surface area (Å²) in [5.41, 5.74) is -5.65. The Morgan fingerprint density at radius 3 is 1.53 bits per heavy atom. The zero-order valence-corrected chi connectivity index (χ0v) is 10.9. The quantitative estimate of drug-likeness (QED) is 0.323. The fourth-order valence-electron chi connectivity index (χ4n) is 0.841. The van der Waals surface area contributed by atoms with Crippen molar-refractivity contribution in [1.82, 2.24) is 0 Å². The minimum absolute atomic E-state index is 1.33. The second-order valence-corrected chi connectivity index (χ2v) is 4.84. The third kappa shape index (κ3) is 13.7. The first-order valence-electron chi connectivity index (χ1n) is 5.50. The van der Waals surface area contributed by atoms with Crippen LogP contribution in [0.3, 0.4) is 0 Å². The van der Waals surface area contributed by atoms with Gasteiger partial charge < -0.3 is 4.55 Å². The van der Waals surface area contributed by atoms with E-state index in [1.807, 2.05) is 0 Å². The van der Waals surface area contributed by atoms with Gasteiger partial charge in [-0.1, -0.05) is 0 Å². The van der Waals surface area contributed by atoms with Crippen molar-refractivity contribution in [3.8, 4) is 0 Å². The molecule has 0 aromatic heterocycles. The Balaban J connectivity index is 0. The first-order chi connectivity index (χ1) is 7.66. The van der Waals surface area contributed by atoms with E-state index >= 15 is 0 Å². The summed E-state index contributed by atoms with van der Waals surface area (Å²) in [5, 5.41) is 0. The van der Waals surface area contributed by atoms with Gasteiger partial charge in [-0.05, 0) is 0 Å². The Morgan fingerprint density at radius 2 is 1.35 bits per heavy atom. The van der Waals surface area contributed by atoms with Crippen LogP contribution in [0.5, 0.6) is 0 Å². The molecule has 0 aromatic carbocycles. The molecule has 0 saturated heterocycles. The van der Waals surface area contributed by atoms with Gasteiger partial charge in [-0.2, -0.15) is 13.2 Å². The predicted molar refractivity (Wildman–Crippen MR) is 60.9 cm³/mol.